The molecule has 1 rings (SSSR count). The molecule has 1 aromatic heterocycles. The quantitative estimate of drug-likeness (QED) is 0.572. The molecule has 0 spiro atoms. The van der Waals surface area contributed by atoms with Gasteiger partial charge in [-0.15, -0.1) is 0 Å². The van der Waals surface area contributed by atoms with E-state index in [4.69, 9.17) is 0 Å². The van der Waals surface area contributed by atoms with Crippen LogP contribution in [-0.4, -0.2) is 23.8 Å². The normalized spacial score (nSPS) is 13.9. The Bertz CT molecular complexity index is 375. The standard InChI is InChI=1S/C12H15NO3/c1-8(10-6-4-5-7-13-10)11(9(2)14)12(15)16-3/h4-8,11H,1-3H3/t8?,11-/m0/s1. The number of ether oxygens (including phenoxy) is 1. The minimum atomic E-state index is -0.778. The number of esters is 1. The Morgan fingerprint density at radius 2 is 2.06 bits per heavy atom. The Morgan fingerprint density at radius 1 is 1.38 bits per heavy atom. The van der Waals surface area contributed by atoms with Crippen molar-refractivity contribution >= 4 is 11.8 Å². The van der Waals surface area contributed by atoms with Gasteiger partial charge >= 0.3 is 5.97 Å². The molecule has 2 atom stereocenters. The SMILES string of the molecule is COC(=O)[C@H](C(C)=O)C(C)c1ccccn1. The van der Waals surface area contributed by atoms with Crippen LogP contribution < -0.4 is 0 Å². The second-order valence-electron chi connectivity index (χ2n) is 3.65. The van der Waals surface area contributed by atoms with Crippen molar-refractivity contribution in [1.82, 2.24) is 4.98 Å². The summed E-state index contributed by atoms with van der Waals surface area (Å²) in [7, 11) is 1.28. The molecule has 0 N–H and O–H groups in total. The van der Waals surface area contributed by atoms with E-state index in [0.717, 1.165) is 0 Å². The van der Waals surface area contributed by atoms with Gasteiger partial charge in [-0.05, 0) is 19.1 Å². The van der Waals surface area contributed by atoms with Crippen LogP contribution >= 0.6 is 0 Å². The largest absolute Gasteiger partial charge is 0.468 e. The van der Waals surface area contributed by atoms with Gasteiger partial charge in [-0.3, -0.25) is 14.6 Å². The van der Waals surface area contributed by atoms with Gasteiger partial charge in [0.2, 0.25) is 0 Å². The summed E-state index contributed by atoms with van der Waals surface area (Å²) in [6.45, 7) is 3.19. The highest BCUT2D eigenvalue weighted by Crippen LogP contribution is 2.24. The Balaban J connectivity index is 2.96. The highest BCUT2D eigenvalue weighted by atomic mass is 16.5. The number of ketones is 1. The molecule has 0 aromatic carbocycles. The number of aromatic nitrogens is 1. The number of pyridine rings is 1. The third kappa shape index (κ3) is 2.66. The van der Waals surface area contributed by atoms with E-state index in [-0.39, 0.29) is 11.7 Å². The zero-order valence-corrected chi connectivity index (χ0v) is 9.64. The van der Waals surface area contributed by atoms with Gasteiger partial charge in [0.1, 0.15) is 11.7 Å². The third-order valence-electron chi connectivity index (χ3n) is 2.55. The topological polar surface area (TPSA) is 56.3 Å². The maximum Gasteiger partial charge on any atom is 0.316 e. The first kappa shape index (κ1) is 12.4. The van der Waals surface area contributed by atoms with Crippen LogP contribution in [0.1, 0.15) is 25.5 Å². The smallest absolute Gasteiger partial charge is 0.316 e. The van der Waals surface area contributed by atoms with E-state index in [1.807, 2.05) is 6.07 Å². The predicted octanol–water partition coefficient (Wildman–Crippen LogP) is 1.56. The van der Waals surface area contributed by atoms with Crippen LogP contribution in [0.2, 0.25) is 0 Å². The first-order valence-corrected chi connectivity index (χ1v) is 5.07. The van der Waals surface area contributed by atoms with E-state index in [9.17, 15) is 9.59 Å². The second-order valence-corrected chi connectivity index (χ2v) is 3.65. The van der Waals surface area contributed by atoms with Crippen molar-refractivity contribution in [2.24, 2.45) is 5.92 Å². The number of hydrogen-bond donors (Lipinski definition) is 0. The molecule has 4 heteroatoms. The molecule has 16 heavy (non-hydrogen) atoms. The third-order valence-corrected chi connectivity index (χ3v) is 2.55. The molecule has 0 amide bonds. The number of carbonyl (C=O) groups is 2. The molecular weight excluding hydrogens is 206 g/mol. The number of rotatable bonds is 4. The average Bonchev–Trinajstić information content (AvgIpc) is 2.29. The fraction of sp³-hybridized carbons (Fsp3) is 0.417. The molecule has 0 aliphatic carbocycles. The fourth-order valence-corrected chi connectivity index (χ4v) is 1.67. The number of nitrogens with zero attached hydrogens (tertiary/aromatic N) is 1. The summed E-state index contributed by atoms with van der Waals surface area (Å²) >= 11 is 0. The summed E-state index contributed by atoms with van der Waals surface area (Å²) in [5.41, 5.74) is 0.716. The monoisotopic (exact) mass is 221 g/mol. The summed E-state index contributed by atoms with van der Waals surface area (Å²) in [6.07, 6.45) is 1.64. The molecule has 0 radical (unpaired) electrons. The van der Waals surface area contributed by atoms with Gasteiger partial charge in [0, 0.05) is 17.8 Å². The molecule has 0 saturated heterocycles. The Hall–Kier alpha value is -1.71. The molecule has 4 nitrogen and oxygen atoms in total. The summed E-state index contributed by atoms with van der Waals surface area (Å²) < 4.78 is 4.63. The van der Waals surface area contributed by atoms with Gasteiger partial charge < -0.3 is 4.74 Å². The molecule has 86 valence electrons. The second kappa shape index (κ2) is 5.39. The van der Waals surface area contributed by atoms with Crippen LogP contribution in [0.4, 0.5) is 0 Å². The number of Topliss-reactive ketones (excluding diaryl/α,β-unsaturated/α-hetero) is 1. The van der Waals surface area contributed by atoms with Crippen LogP contribution in [0.15, 0.2) is 24.4 Å². The van der Waals surface area contributed by atoms with Crippen LogP contribution in [0.3, 0.4) is 0 Å². The average molecular weight is 221 g/mol. The highest BCUT2D eigenvalue weighted by Gasteiger charge is 2.31. The first-order valence-electron chi connectivity index (χ1n) is 5.07. The van der Waals surface area contributed by atoms with Gasteiger partial charge in [0.25, 0.3) is 0 Å². The highest BCUT2D eigenvalue weighted by molar-refractivity contribution is 5.98. The van der Waals surface area contributed by atoms with Gasteiger partial charge in [-0.2, -0.15) is 0 Å². The molecule has 1 aromatic rings. The lowest BCUT2D eigenvalue weighted by molar-refractivity contribution is -0.149. The summed E-state index contributed by atoms with van der Waals surface area (Å²) in [4.78, 5) is 27.1. The number of methoxy groups -OCH3 is 1. The van der Waals surface area contributed by atoms with Crippen molar-refractivity contribution in [2.75, 3.05) is 7.11 Å². The molecule has 0 fully saturated rings. The Morgan fingerprint density at radius 3 is 2.50 bits per heavy atom. The fourth-order valence-electron chi connectivity index (χ4n) is 1.67. The molecule has 0 aliphatic heterocycles. The lowest BCUT2D eigenvalue weighted by Crippen LogP contribution is -2.28. The van der Waals surface area contributed by atoms with Gasteiger partial charge in [0.05, 0.1) is 7.11 Å². The lowest BCUT2D eigenvalue weighted by Gasteiger charge is -2.18. The van der Waals surface area contributed by atoms with E-state index in [0.29, 0.717) is 5.69 Å². The van der Waals surface area contributed by atoms with Crippen molar-refractivity contribution in [3.63, 3.8) is 0 Å². The van der Waals surface area contributed by atoms with E-state index in [1.54, 1.807) is 25.3 Å². The zero-order valence-electron chi connectivity index (χ0n) is 9.64. The summed E-state index contributed by atoms with van der Waals surface area (Å²) in [5, 5.41) is 0. The number of carbonyl (C=O) groups excluding carboxylic acids is 2. The Kier molecular flexibility index (Phi) is 4.17. The lowest BCUT2D eigenvalue weighted by atomic mass is 9.88. The molecule has 0 bridgehead atoms. The van der Waals surface area contributed by atoms with Crippen LogP contribution in [0.5, 0.6) is 0 Å². The van der Waals surface area contributed by atoms with E-state index in [2.05, 4.69) is 9.72 Å². The van der Waals surface area contributed by atoms with Crippen LogP contribution in [0, 0.1) is 5.92 Å². The molecule has 0 saturated carbocycles. The summed E-state index contributed by atoms with van der Waals surface area (Å²) in [6, 6.07) is 5.41. The van der Waals surface area contributed by atoms with E-state index in [1.165, 1.54) is 14.0 Å². The molecular formula is C12H15NO3. The van der Waals surface area contributed by atoms with E-state index < -0.39 is 11.9 Å². The summed E-state index contributed by atoms with van der Waals surface area (Å²) in [5.74, 6) is -1.76. The van der Waals surface area contributed by atoms with Crippen molar-refractivity contribution < 1.29 is 14.3 Å². The van der Waals surface area contributed by atoms with Crippen molar-refractivity contribution in [3.05, 3.63) is 30.1 Å². The molecule has 1 heterocycles. The molecule has 1 unspecified atom stereocenters. The van der Waals surface area contributed by atoms with Crippen molar-refractivity contribution in [3.8, 4) is 0 Å². The van der Waals surface area contributed by atoms with Crippen molar-refractivity contribution in [1.29, 1.82) is 0 Å². The minimum Gasteiger partial charge on any atom is -0.468 e. The van der Waals surface area contributed by atoms with E-state index >= 15 is 0 Å². The zero-order chi connectivity index (χ0) is 12.1. The predicted molar refractivity (Wildman–Crippen MR) is 58.8 cm³/mol. The maximum absolute atomic E-state index is 11.5. The molecule has 0 aliphatic rings. The maximum atomic E-state index is 11.5. The number of hydrogen-bond acceptors (Lipinski definition) is 4. The Labute approximate surface area is 94.6 Å². The van der Waals surface area contributed by atoms with Gasteiger partial charge in [-0.1, -0.05) is 13.0 Å². The van der Waals surface area contributed by atoms with Crippen LogP contribution in [-0.2, 0) is 14.3 Å². The van der Waals surface area contributed by atoms with Gasteiger partial charge in [-0.25, -0.2) is 0 Å². The van der Waals surface area contributed by atoms with Gasteiger partial charge in [0.15, 0.2) is 0 Å². The first-order chi connectivity index (χ1) is 7.57. The minimum absolute atomic E-state index is 0.204. The van der Waals surface area contributed by atoms with Crippen molar-refractivity contribution in [2.45, 2.75) is 19.8 Å². The van der Waals surface area contributed by atoms with Crippen LogP contribution in [0.25, 0.3) is 0 Å².